The molecule has 32 heavy (non-hydrogen) atoms. The molecule has 4 aromatic rings. The van der Waals surface area contributed by atoms with Gasteiger partial charge in [-0.1, -0.05) is 65.8 Å². The Morgan fingerprint density at radius 3 is 2.16 bits per heavy atom. The molecule has 8 nitrogen and oxygen atoms in total. The van der Waals surface area contributed by atoms with Crippen molar-refractivity contribution >= 4 is 16.0 Å². The van der Waals surface area contributed by atoms with E-state index >= 15 is 0 Å². The highest BCUT2D eigenvalue weighted by Crippen LogP contribution is 2.23. The molecule has 0 saturated heterocycles. The Morgan fingerprint density at radius 2 is 1.53 bits per heavy atom. The van der Waals surface area contributed by atoms with Crippen LogP contribution < -0.4 is 4.72 Å². The van der Waals surface area contributed by atoms with Gasteiger partial charge in [-0.3, -0.25) is 4.79 Å². The first-order chi connectivity index (χ1) is 15.4. The van der Waals surface area contributed by atoms with Crippen LogP contribution in [0.4, 0.5) is 0 Å². The first-order valence-electron chi connectivity index (χ1n) is 9.71. The average molecular weight is 449 g/mol. The minimum Gasteiger partial charge on any atom is -0.480 e. The van der Waals surface area contributed by atoms with Crippen LogP contribution in [0.3, 0.4) is 0 Å². The zero-order chi connectivity index (χ0) is 22.6. The third-order valence-electron chi connectivity index (χ3n) is 4.75. The van der Waals surface area contributed by atoms with Crippen LogP contribution in [0.15, 0.2) is 94.3 Å². The van der Waals surface area contributed by atoms with E-state index in [-0.39, 0.29) is 17.2 Å². The highest BCUT2D eigenvalue weighted by Gasteiger charge is 2.26. The summed E-state index contributed by atoms with van der Waals surface area (Å²) in [6, 6.07) is 22.6. The summed E-state index contributed by atoms with van der Waals surface area (Å²) in [7, 11) is -4.06. The lowest BCUT2D eigenvalue weighted by atomic mass is 10.1. The van der Waals surface area contributed by atoms with E-state index in [0.29, 0.717) is 17.0 Å². The van der Waals surface area contributed by atoms with Crippen molar-refractivity contribution in [2.24, 2.45) is 0 Å². The van der Waals surface area contributed by atoms with Crippen LogP contribution in [0.2, 0.25) is 0 Å². The van der Waals surface area contributed by atoms with Crippen molar-refractivity contribution in [3.8, 4) is 22.8 Å². The van der Waals surface area contributed by atoms with Gasteiger partial charge in [-0.25, -0.2) is 8.42 Å². The Kier molecular flexibility index (Phi) is 6.11. The van der Waals surface area contributed by atoms with E-state index in [1.165, 1.54) is 24.3 Å². The van der Waals surface area contributed by atoms with Crippen LogP contribution in [-0.2, 0) is 21.2 Å². The Hall–Kier alpha value is -3.82. The molecule has 162 valence electrons. The van der Waals surface area contributed by atoms with Crippen LogP contribution in [0.25, 0.3) is 22.8 Å². The molecule has 0 saturated carbocycles. The summed E-state index contributed by atoms with van der Waals surface area (Å²) in [6.45, 7) is 0. The second kappa shape index (κ2) is 9.13. The predicted molar refractivity (Wildman–Crippen MR) is 117 cm³/mol. The van der Waals surface area contributed by atoms with Gasteiger partial charge < -0.3 is 9.63 Å². The molecular formula is C23H19N3O5S. The van der Waals surface area contributed by atoms with Crippen LogP contribution in [-0.4, -0.2) is 35.7 Å². The van der Waals surface area contributed by atoms with Gasteiger partial charge in [0.25, 0.3) is 5.89 Å². The fourth-order valence-electron chi connectivity index (χ4n) is 3.11. The van der Waals surface area contributed by atoms with E-state index in [4.69, 9.17) is 4.52 Å². The van der Waals surface area contributed by atoms with Crippen molar-refractivity contribution < 1.29 is 22.8 Å². The Labute approximate surface area is 184 Å². The normalized spacial score (nSPS) is 12.4. The van der Waals surface area contributed by atoms with Crippen molar-refractivity contribution in [1.29, 1.82) is 0 Å². The molecule has 4 rings (SSSR count). The average Bonchev–Trinajstić information content (AvgIpc) is 3.30. The minimum atomic E-state index is -4.06. The van der Waals surface area contributed by atoms with Gasteiger partial charge in [0.15, 0.2) is 0 Å². The second-order valence-electron chi connectivity index (χ2n) is 7.02. The van der Waals surface area contributed by atoms with Crippen LogP contribution in [0, 0.1) is 0 Å². The number of aromatic nitrogens is 2. The van der Waals surface area contributed by atoms with E-state index in [0.717, 1.165) is 5.56 Å². The number of carboxylic acids is 1. The summed E-state index contributed by atoms with van der Waals surface area (Å²) in [4.78, 5) is 15.9. The number of rotatable bonds is 8. The Bertz CT molecular complexity index is 1300. The molecule has 1 atom stereocenters. The molecule has 0 bridgehead atoms. The zero-order valence-electron chi connectivity index (χ0n) is 16.8. The van der Waals surface area contributed by atoms with Gasteiger partial charge in [-0.05, 0) is 36.2 Å². The van der Waals surface area contributed by atoms with E-state index in [1.54, 1.807) is 30.3 Å². The van der Waals surface area contributed by atoms with Gasteiger partial charge in [0, 0.05) is 11.1 Å². The molecule has 0 aliphatic heterocycles. The summed E-state index contributed by atoms with van der Waals surface area (Å²) in [6.07, 6.45) is 0.0255. The van der Waals surface area contributed by atoms with Crippen LogP contribution in [0.5, 0.6) is 0 Å². The third-order valence-corrected chi connectivity index (χ3v) is 6.24. The monoisotopic (exact) mass is 449 g/mol. The lowest BCUT2D eigenvalue weighted by molar-refractivity contribution is -0.138. The number of hydrogen-bond acceptors (Lipinski definition) is 6. The van der Waals surface area contributed by atoms with Gasteiger partial charge in [-0.15, -0.1) is 0 Å². The van der Waals surface area contributed by atoms with Gasteiger partial charge in [0.1, 0.15) is 6.04 Å². The molecule has 1 unspecified atom stereocenters. The van der Waals surface area contributed by atoms with E-state index < -0.39 is 22.0 Å². The molecule has 0 aliphatic rings. The fourth-order valence-corrected chi connectivity index (χ4v) is 4.30. The summed E-state index contributed by atoms with van der Waals surface area (Å²) in [5, 5.41) is 13.4. The maximum absolute atomic E-state index is 12.7. The van der Waals surface area contributed by atoms with E-state index in [9.17, 15) is 18.3 Å². The van der Waals surface area contributed by atoms with Crippen molar-refractivity contribution in [2.75, 3.05) is 0 Å². The lowest BCUT2D eigenvalue weighted by Gasteiger charge is -2.15. The molecule has 1 heterocycles. The van der Waals surface area contributed by atoms with Gasteiger partial charge in [-0.2, -0.15) is 9.71 Å². The molecular weight excluding hydrogens is 430 g/mol. The lowest BCUT2D eigenvalue weighted by Crippen LogP contribution is -2.42. The largest absolute Gasteiger partial charge is 0.480 e. The number of carbonyl (C=O) groups is 1. The number of nitrogens with zero attached hydrogens (tertiary/aromatic N) is 2. The smallest absolute Gasteiger partial charge is 0.322 e. The quantitative estimate of drug-likeness (QED) is 0.423. The topological polar surface area (TPSA) is 122 Å². The summed E-state index contributed by atoms with van der Waals surface area (Å²) in [5.74, 6) is -0.592. The molecule has 0 aliphatic carbocycles. The molecule has 3 aromatic carbocycles. The van der Waals surface area contributed by atoms with Gasteiger partial charge in [0.05, 0.1) is 4.90 Å². The predicted octanol–water partition coefficient (Wildman–Crippen LogP) is 3.38. The van der Waals surface area contributed by atoms with Crippen molar-refractivity contribution in [2.45, 2.75) is 17.4 Å². The van der Waals surface area contributed by atoms with E-state index in [1.807, 2.05) is 30.3 Å². The van der Waals surface area contributed by atoms with Crippen molar-refractivity contribution in [3.05, 3.63) is 90.5 Å². The van der Waals surface area contributed by atoms with Crippen molar-refractivity contribution in [3.63, 3.8) is 0 Å². The summed E-state index contributed by atoms with van der Waals surface area (Å²) < 4.78 is 33.0. The van der Waals surface area contributed by atoms with E-state index in [2.05, 4.69) is 14.9 Å². The number of nitrogens with one attached hydrogen (secondary N) is 1. The van der Waals surface area contributed by atoms with Crippen LogP contribution in [0.1, 0.15) is 5.56 Å². The van der Waals surface area contributed by atoms with Gasteiger partial charge >= 0.3 is 5.97 Å². The third kappa shape index (κ3) is 4.90. The maximum atomic E-state index is 12.7. The first-order valence-corrected chi connectivity index (χ1v) is 11.2. The number of aliphatic carboxylic acids is 1. The highest BCUT2D eigenvalue weighted by molar-refractivity contribution is 7.89. The molecule has 2 N–H and O–H groups in total. The number of carboxylic acid groups (broad SMARTS) is 1. The number of hydrogen-bond donors (Lipinski definition) is 2. The second-order valence-corrected chi connectivity index (χ2v) is 8.73. The number of sulfonamides is 1. The van der Waals surface area contributed by atoms with Gasteiger partial charge in [0.2, 0.25) is 15.8 Å². The molecule has 0 amide bonds. The minimum absolute atomic E-state index is 0.0255. The van der Waals surface area contributed by atoms with Crippen LogP contribution >= 0.6 is 0 Å². The Balaban J connectivity index is 1.51. The first kappa shape index (κ1) is 21.4. The molecule has 1 aromatic heterocycles. The maximum Gasteiger partial charge on any atom is 0.322 e. The van der Waals surface area contributed by atoms with Crippen molar-refractivity contribution in [1.82, 2.24) is 14.9 Å². The molecule has 0 spiro atoms. The zero-order valence-corrected chi connectivity index (χ0v) is 17.6. The summed E-state index contributed by atoms with van der Waals surface area (Å²) in [5.41, 5.74) is 2.05. The highest BCUT2D eigenvalue weighted by atomic mass is 32.2. The molecule has 0 radical (unpaired) electrons. The summed E-state index contributed by atoms with van der Waals surface area (Å²) >= 11 is 0. The SMILES string of the molecule is O=C(O)C(Cc1ccccc1)NS(=O)(=O)c1ccc(-c2nc(-c3ccccc3)no2)cc1. The Morgan fingerprint density at radius 1 is 0.906 bits per heavy atom. The molecule has 9 heteroatoms. The standard InChI is InChI=1S/C23H19N3O5S/c27-23(28)20(15-16-7-3-1-4-8-16)26-32(29,30)19-13-11-18(12-14-19)22-24-21(25-31-22)17-9-5-2-6-10-17/h1-14,20,26H,15H2,(H,27,28). The fraction of sp³-hybridized carbons (Fsp3) is 0.0870. The molecule has 0 fully saturated rings. The number of benzene rings is 3.